The molecule has 5 heteroatoms. The Morgan fingerprint density at radius 2 is 2.05 bits per heavy atom. The number of rotatable bonds is 4. The molecule has 3 rings (SSSR count). The molecule has 2 heterocycles. The van der Waals surface area contributed by atoms with Crippen molar-refractivity contribution in [2.75, 3.05) is 5.32 Å². The number of imidazole rings is 1. The van der Waals surface area contributed by atoms with Gasteiger partial charge >= 0.3 is 0 Å². The summed E-state index contributed by atoms with van der Waals surface area (Å²) in [6, 6.07) is 0.612. The van der Waals surface area contributed by atoms with E-state index < -0.39 is 0 Å². The fraction of sp³-hybridized carbons (Fsp3) is 0.600. The van der Waals surface area contributed by atoms with E-state index in [9.17, 15) is 0 Å². The van der Waals surface area contributed by atoms with Gasteiger partial charge in [-0.2, -0.15) is 5.10 Å². The summed E-state index contributed by atoms with van der Waals surface area (Å²) in [6.45, 7) is 2.84. The lowest BCUT2D eigenvalue weighted by atomic mass is 9.95. The van der Waals surface area contributed by atoms with Crippen LogP contribution in [0.25, 0.3) is 0 Å². The van der Waals surface area contributed by atoms with E-state index >= 15 is 0 Å². The maximum Gasteiger partial charge on any atom is 0.203 e. The third-order valence-corrected chi connectivity index (χ3v) is 4.03. The third-order valence-electron chi connectivity index (χ3n) is 4.03. The van der Waals surface area contributed by atoms with Crippen LogP contribution in [0.15, 0.2) is 18.6 Å². The van der Waals surface area contributed by atoms with Gasteiger partial charge in [0.05, 0.1) is 11.9 Å². The van der Waals surface area contributed by atoms with Gasteiger partial charge in [-0.25, -0.2) is 4.98 Å². The topological polar surface area (TPSA) is 47.7 Å². The molecule has 2 aromatic rings. The molecule has 0 radical (unpaired) electrons. The Morgan fingerprint density at radius 1 is 1.25 bits per heavy atom. The Kier molecular flexibility index (Phi) is 3.76. The molecular weight excluding hydrogens is 250 g/mol. The van der Waals surface area contributed by atoms with Crippen molar-refractivity contribution in [2.45, 2.75) is 51.6 Å². The van der Waals surface area contributed by atoms with E-state index in [1.807, 2.05) is 24.1 Å². The molecule has 1 aliphatic carbocycles. The molecule has 0 spiro atoms. The van der Waals surface area contributed by atoms with Crippen molar-refractivity contribution in [1.82, 2.24) is 19.3 Å². The van der Waals surface area contributed by atoms with Crippen molar-refractivity contribution in [3.05, 3.63) is 29.8 Å². The molecule has 2 aromatic heterocycles. The van der Waals surface area contributed by atoms with E-state index in [1.165, 1.54) is 37.7 Å². The van der Waals surface area contributed by atoms with E-state index in [-0.39, 0.29) is 0 Å². The van der Waals surface area contributed by atoms with Gasteiger partial charge in [0.2, 0.25) is 5.95 Å². The molecule has 1 fully saturated rings. The Bertz CT molecular complexity index is 563. The lowest BCUT2D eigenvalue weighted by Crippen LogP contribution is -2.15. The zero-order chi connectivity index (χ0) is 13.9. The van der Waals surface area contributed by atoms with Gasteiger partial charge in [0, 0.05) is 37.6 Å². The summed E-state index contributed by atoms with van der Waals surface area (Å²) in [4.78, 5) is 4.63. The minimum absolute atomic E-state index is 0.612. The van der Waals surface area contributed by atoms with Crippen LogP contribution in [0.4, 0.5) is 5.95 Å². The average molecular weight is 273 g/mol. The Hall–Kier alpha value is -1.78. The third kappa shape index (κ3) is 2.86. The molecular formula is C15H23N5. The van der Waals surface area contributed by atoms with Gasteiger partial charge in [-0.3, -0.25) is 4.68 Å². The molecule has 1 aliphatic rings. The minimum atomic E-state index is 0.612. The fourth-order valence-electron chi connectivity index (χ4n) is 3.03. The summed E-state index contributed by atoms with van der Waals surface area (Å²) < 4.78 is 4.17. The van der Waals surface area contributed by atoms with Gasteiger partial charge in [-0.15, -0.1) is 0 Å². The SMILES string of the molecule is Cc1cn(C2CCCCC2)c(NCc2cnn(C)c2)n1. The minimum Gasteiger partial charge on any atom is -0.351 e. The van der Waals surface area contributed by atoms with Gasteiger partial charge < -0.3 is 9.88 Å². The lowest BCUT2D eigenvalue weighted by molar-refractivity contribution is 0.355. The van der Waals surface area contributed by atoms with E-state index in [0.717, 1.165) is 18.2 Å². The summed E-state index contributed by atoms with van der Waals surface area (Å²) in [7, 11) is 1.94. The molecule has 5 nitrogen and oxygen atoms in total. The summed E-state index contributed by atoms with van der Waals surface area (Å²) in [5.74, 6) is 0.998. The van der Waals surface area contributed by atoms with Crippen LogP contribution < -0.4 is 5.32 Å². The predicted octanol–water partition coefficient (Wildman–Crippen LogP) is 3.04. The molecule has 0 aliphatic heterocycles. The first kappa shape index (κ1) is 13.2. The lowest BCUT2D eigenvalue weighted by Gasteiger charge is -2.24. The second-order valence-electron chi connectivity index (χ2n) is 5.78. The molecule has 0 atom stereocenters. The van der Waals surface area contributed by atoms with E-state index in [1.54, 1.807) is 0 Å². The van der Waals surface area contributed by atoms with Crippen LogP contribution in [0.5, 0.6) is 0 Å². The van der Waals surface area contributed by atoms with Crippen LogP contribution in [-0.4, -0.2) is 19.3 Å². The molecule has 108 valence electrons. The predicted molar refractivity (Wildman–Crippen MR) is 79.6 cm³/mol. The van der Waals surface area contributed by atoms with E-state index in [0.29, 0.717) is 6.04 Å². The fourth-order valence-corrected chi connectivity index (χ4v) is 3.03. The van der Waals surface area contributed by atoms with Crippen molar-refractivity contribution < 1.29 is 0 Å². The second kappa shape index (κ2) is 5.69. The maximum absolute atomic E-state index is 4.63. The molecule has 20 heavy (non-hydrogen) atoms. The standard InChI is InChI=1S/C15H23N5/c1-12-10-20(14-6-4-3-5-7-14)15(18-12)16-8-13-9-17-19(2)11-13/h9-11,14H,3-8H2,1-2H3,(H,16,18). The number of hydrogen-bond acceptors (Lipinski definition) is 3. The molecule has 0 unspecified atom stereocenters. The van der Waals surface area contributed by atoms with Gasteiger partial charge in [0.15, 0.2) is 0 Å². The first-order valence-corrected chi connectivity index (χ1v) is 7.49. The molecule has 1 saturated carbocycles. The average Bonchev–Trinajstić information content (AvgIpc) is 3.03. The van der Waals surface area contributed by atoms with Gasteiger partial charge in [-0.1, -0.05) is 19.3 Å². The zero-order valence-electron chi connectivity index (χ0n) is 12.3. The van der Waals surface area contributed by atoms with Gasteiger partial charge in [-0.05, 0) is 19.8 Å². The number of aromatic nitrogens is 4. The molecule has 0 saturated heterocycles. The first-order chi connectivity index (χ1) is 9.72. The van der Waals surface area contributed by atoms with E-state index in [4.69, 9.17) is 0 Å². The molecule has 0 bridgehead atoms. The number of aryl methyl sites for hydroxylation is 2. The highest BCUT2D eigenvalue weighted by Crippen LogP contribution is 2.30. The molecule has 0 amide bonds. The Balaban J connectivity index is 1.71. The number of hydrogen-bond donors (Lipinski definition) is 1. The number of nitrogens with one attached hydrogen (secondary N) is 1. The smallest absolute Gasteiger partial charge is 0.203 e. The van der Waals surface area contributed by atoms with Gasteiger partial charge in [0.25, 0.3) is 0 Å². The van der Waals surface area contributed by atoms with Gasteiger partial charge in [0.1, 0.15) is 0 Å². The largest absolute Gasteiger partial charge is 0.351 e. The van der Waals surface area contributed by atoms with E-state index in [2.05, 4.69) is 33.1 Å². The van der Waals surface area contributed by atoms with Crippen LogP contribution in [0.1, 0.15) is 49.4 Å². The second-order valence-corrected chi connectivity index (χ2v) is 5.78. The summed E-state index contributed by atoms with van der Waals surface area (Å²) in [5, 5.41) is 7.66. The highest BCUT2D eigenvalue weighted by molar-refractivity contribution is 5.31. The molecule has 0 aromatic carbocycles. The Morgan fingerprint density at radius 3 is 2.75 bits per heavy atom. The van der Waals surface area contributed by atoms with Crippen molar-refractivity contribution in [2.24, 2.45) is 7.05 Å². The van der Waals surface area contributed by atoms with Crippen molar-refractivity contribution >= 4 is 5.95 Å². The summed E-state index contributed by atoms with van der Waals surface area (Å²) in [5.41, 5.74) is 2.27. The quantitative estimate of drug-likeness (QED) is 0.931. The van der Waals surface area contributed by atoms with Crippen LogP contribution in [0.3, 0.4) is 0 Å². The highest BCUT2D eigenvalue weighted by atomic mass is 15.2. The number of anilines is 1. The van der Waals surface area contributed by atoms with Crippen LogP contribution in [0, 0.1) is 6.92 Å². The highest BCUT2D eigenvalue weighted by Gasteiger charge is 2.18. The van der Waals surface area contributed by atoms with Crippen molar-refractivity contribution in [3.8, 4) is 0 Å². The zero-order valence-corrected chi connectivity index (χ0v) is 12.3. The summed E-state index contributed by atoms with van der Waals surface area (Å²) >= 11 is 0. The van der Waals surface area contributed by atoms with Crippen LogP contribution >= 0.6 is 0 Å². The monoisotopic (exact) mass is 273 g/mol. The maximum atomic E-state index is 4.63. The van der Waals surface area contributed by atoms with Crippen LogP contribution in [0.2, 0.25) is 0 Å². The van der Waals surface area contributed by atoms with Crippen molar-refractivity contribution in [3.63, 3.8) is 0 Å². The number of nitrogens with zero attached hydrogens (tertiary/aromatic N) is 4. The summed E-state index contributed by atoms with van der Waals surface area (Å²) in [6.07, 6.45) is 12.7. The van der Waals surface area contributed by atoms with Crippen LogP contribution in [-0.2, 0) is 13.6 Å². The normalized spacial score (nSPS) is 16.5. The van der Waals surface area contributed by atoms with Crippen molar-refractivity contribution in [1.29, 1.82) is 0 Å². The Labute approximate surface area is 120 Å². The first-order valence-electron chi connectivity index (χ1n) is 7.49. The molecule has 1 N–H and O–H groups in total.